The Balaban J connectivity index is 2.84. The van der Waals surface area contributed by atoms with Crippen molar-refractivity contribution >= 4 is 21.4 Å². The first kappa shape index (κ1) is 15.4. The normalized spacial score (nSPS) is 12.7. The molecule has 0 saturated heterocycles. The standard InChI is InChI=1S/C11H20N2O3S2/c1-4-11(12,5-2)8-13-18(14,15)10-9(16-3)6-7-17-10/h6-7,13H,4-5,8,12H2,1-3H3. The monoisotopic (exact) mass is 292 g/mol. The molecule has 0 bridgehead atoms. The van der Waals surface area contributed by atoms with E-state index in [0.717, 1.165) is 11.3 Å². The van der Waals surface area contributed by atoms with Crippen LogP contribution in [0.5, 0.6) is 5.75 Å². The molecule has 7 heteroatoms. The lowest BCUT2D eigenvalue weighted by atomic mass is 9.95. The highest BCUT2D eigenvalue weighted by molar-refractivity contribution is 7.91. The van der Waals surface area contributed by atoms with Crippen LogP contribution in [-0.4, -0.2) is 27.6 Å². The predicted molar refractivity (Wildman–Crippen MR) is 73.6 cm³/mol. The Morgan fingerprint density at radius 3 is 2.56 bits per heavy atom. The van der Waals surface area contributed by atoms with Crippen LogP contribution in [0.1, 0.15) is 26.7 Å². The highest BCUT2D eigenvalue weighted by atomic mass is 32.2. The summed E-state index contributed by atoms with van der Waals surface area (Å²) in [4.78, 5) is 0. The van der Waals surface area contributed by atoms with Gasteiger partial charge in [0.1, 0.15) is 5.75 Å². The minimum atomic E-state index is -3.55. The molecule has 1 rings (SSSR count). The minimum absolute atomic E-state index is 0.194. The van der Waals surface area contributed by atoms with Gasteiger partial charge in [0, 0.05) is 12.1 Å². The number of thiophene rings is 1. The van der Waals surface area contributed by atoms with Crippen LogP contribution in [0, 0.1) is 0 Å². The molecule has 0 saturated carbocycles. The molecular weight excluding hydrogens is 272 g/mol. The molecule has 0 radical (unpaired) electrons. The maximum atomic E-state index is 12.1. The van der Waals surface area contributed by atoms with Crippen molar-refractivity contribution in [3.05, 3.63) is 11.4 Å². The van der Waals surface area contributed by atoms with E-state index in [9.17, 15) is 8.42 Å². The van der Waals surface area contributed by atoms with E-state index in [2.05, 4.69) is 4.72 Å². The van der Waals surface area contributed by atoms with Gasteiger partial charge < -0.3 is 10.5 Å². The van der Waals surface area contributed by atoms with Crippen molar-refractivity contribution in [1.29, 1.82) is 0 Å². The molecular formula is C11H20N2O3S2. The molecule has 0 unspecified atom stereocenters. The Labute approximate surface area is 112 Å². The summed E-state index contributed by atoms with van der Waals surface area (Å²) in [7, 11) is -2.10. The molecule has 0 aliphatic carbocycles. The summed E-state index contributed by atoms with van der Waals surface area (Å²) in [5.74, 6) is 0.364. The molecule has 0 aliphatic heterocycles. The summed E-state index contributed by atoms with van der Waals surface area (Å²) in [6.07, 6.45) is 1.43. The Hall–Kier alpha value is -0.630. The van der Waals surface area contributed by atoms with Crippen LogP contribution in [0.15, 0.2) is 15.7 Å². The second-order valence-corrected chi connectivity index (χ2v) is 7.05. The predicted octanol–water partition coefficient (Wildman–Crippen LogP) is 1.55. The van der Waals surface area contributed by atoms with Gasteiger partial charge in [-0.25, -0.2) is 13.1 Å². The molecule has 1 aromatic rings. The van der Waals surface area contributed by atoms with Crippen LogP contribution in [-0.2, 0) is 10.0 Å². The third-order valence-electron chi connectivity index (χ3n) is 3.08. The van der Waals surface area contributed by atoms with E-state index < -0.39 is 15.6 Å². The van der Waals surface area contributed by atoms with Crippen molar-refractivity contribution in [3.8, 4) is 5.75 Å². The molecule has 1 aromatic heterocycles. The Kier molecular flexibility index (Phi) is 5.15. The van der Waals surface area contributed by atoms with Crippen LogP contribution in [0.3, 0.4) is 0 Å². The Bertz CT molecular complexity index is 478. The smallest absolute Gasteiger partial charge is 0.253 e. The molecule has 0 amide bonds. The quantitative estimate of drug-likeness (QED) is 0.799. The summed E-state index contributed by atoms with van der Waals surface area (Å²) in [6, 6.07) is 1.63. The number of nitrogens with one attached hydrogen (secondary N) is 1. The maximum absolute atomic E-state index is 12.1. The first-order chi connectivity index (χ1) is 8.38. The van der Waals surface area contributed by atoms with E-state index in [4.69, 9.17) is 10.5 Å². The number of ether oxygens (including phenoxy) is 1. The zero-order valence-corrected chi connectivity index (χ0v) is 12.5. The summed E-state index contributed by atoms with van der Waals surface area (Å²) in [6.45, 7) is 4.12. The fraction of sp³-hybridized carbons (Fsp3) is 0.636. The topological polar surface area (TPSA) is 81.4 Å². The Morgan fingerprint density at radius 1 is 1.44 bits per heavy atom. The van der Waals surface area contributed by atoms with Crippen LogP contribution in [0.2, 0.25) is 0 Å². The molecule has 0 atom stereocenters. The van der Waals surface area contributed by atoms with E-state index in [1.807, 2.05) is 13.8 Å². The fourth-order valence-corrected chi connectivity index (χ4v) is 3.89. The molecule has 104 valence electrons. The lowest BCUT2D eigenvalue weighted by Crippen LogP contribution is -2.49. The van der Waals surface area contributed by atoms with Crippen molar-refractivity contribution in [2.45, 2.75) is 36.4 Å². The summed E-state index contributed by atoms with van der Waals surface area (Å²) in [5.41, 5.74) is 5.57. The van der Waals surface area contributed by atoms with E-state index in [-0.39, 0.29) is 10.8 Å². The molecule has 1 heterocycles. The number of rotatable bonds is 7. The minimum Gasteiger partial charge on any atom is -0.494 e. The third kappa shape index (κ3) is 3.44. The Morgan fingerprint density at radius 2 is 2.06 bits per heavy atom. The summed E-state index contributed by atoms with van der Waals surface area (Å²) < 4.78 is 32.0. The molecule has 0 spiro atoms. The van der Waals surface area contributed by atoms with Gasteiger partial charge in [-0.2, -0.15) is 0 Å². The van der Waals surface area contributed by atoms with Crippen LogP contribution in [0.25, 0.3) is 0 Å². The van der Waals surface area contributed by atoms with Crippen LogP contribution in [0.4, 0.5) is 0 Å². The van der Waals surface area contributed by atoms with Gasteiger partial charge in [0.15, 0.2) is 4.21 Å². The van der Waals surface area contributed by atoms with Gasteiger partial charge in [0.05, 0.1) is 7.11 Å². The lowest BCUT2D eigenvalue weighted by Gasteiger charge is -2.26. The van der Waals surface area contributed by atoms with Gasteiger partial charge in [-0.15, -0.1) is 11.3 Å². The fourth-order valence-electron chi connectivity index (χ4n) is 1.44. The van der Waals surface area contributed by atoms with Gasteiger partial charge >= 0.3 is 0 Å². The van der Waals surface area contributed by atoms with Crippen molar-refractivity contribution in [1.82, 2.24) is 4.72 Å². The summed E-state index contributed by atoms with van der Waals surface area (Å²) in [5, 5.41) is 1.68. The van der Waals surface area contributed by atoms with Crippen LogP contribution < -0.4 is 15.2 Å². The van der Waals surface area contributed by atoms with Crippen molar-refractivity contribution in [3.63, 3.8) is 0 Å². The molecule has 18 heavy (non-hydrogen) atoms. The third-order valence-corrected chi connectivity index (χ3v) is 5.93. The maximum Gasteiger partial charge on any atom is 0.253 e. The van der Waals surface area contributed by atoms with E-state index in [1.165, 1.54) is 7.11 Å². The number of sulfonamides is 1. The molecule has 0 fully saturated rings. The lowest BCUT2D eigenvalue weighted by molar-refractivity contribution is 0.389. The van der Waals surface area contributed by atoms with E-state index >= 15 is 0 Å². The second kappa shape index (κ2) is 6.01. The number of nitrogens with two attached hydrogens (primary N) is 1. The highest BCUT2D eigenvalue weighted by Crippen LogP contribution is 2.29. The number of methoxy groups -OCH3 is 1. The largest absolute Gasteiger partial charge is 0.494 e. The average Bonchev–Trinajstić information content (AvgIpc) is 2.85. The van der Waals surface area contributed by atoms with Crippen molar-refractivity contribution in [2.75, 3.05) is 13.7 Å². The first-order valence-corrected chi connectivity index (χ1v) is 8.15. The van der Waals surface area contributed by atoms with Crippen LogP contribution >= 0.6 is 11.3 Å². The van der Waals surface area contributed by atoms with Gasteiger partial charge in [0.2, 0.25) is 0 Å². The SMILES string of the molecule is CCC(N)(CC)CNS(=O)(=O)c1sccc1OC. The molecule has 0 aliphatic rings. The highest BCUT2D eigenvalue weighted by Gasteiger charge is 2.26. The summed E-state index contributed by atoms with van der Waals surface area (Å²) >= 11 is 1.13. The zero-order chi connectivity index (χ0) is 13.8. The van der Waals surface area contributed by atoms with Gasteiger partial charge in [-0.05, 0) is 24.3 Å². The zero-order valence-electron chi connectivity index (χ0n) is 10.9. The molecule has 3 N–H and O–H groups in total. The van der Waals surface area contributed by atoms with E-state index in [0.29, 0.717) is 18.6 Å². The number of hydrogen-bond acceptors (Lipinski definition) is 5. The van der Waals surface area contributed by atoms with Gasteiger partial charge in [0.25, 0.3) is 10.0 Å². The van der Waals surface area contributed by atoms with Crippen molar-refractivity contribution in [2.24, 2.45) is 5.73 Å². The van der Waals surface area contributed by atoms with Gasteiger partial charge in [-0.3, -0.25) is 0 Å². The van der Waals surface area contributed by atoms with E-state index in [1.54, 1.807) is 11.4 Å². The van der Waals surface area contributed by atoms with Gasteiger partial charge in [-0.1, -0.05) is 13.8 Å². The molecule has 0 aromatic carbocycles. The molecule has 5 nitrogen and oxygen atoms in total. The van der Waals surface area contributed by atoms with Crippen molar-refractivity contribution < 1.29 is 13.2 Å². The average molecular weight is 292 g/mol. The second-order valence-electron chi connectivity index (χ2n) is 4.17. The first-order valence-electron chi connectivity index (χ1n) is 5.78. The number of hydrogen-bond donors (Lipinski definition) is 2.